The lowest BCUT2D eigenvalue weighted by molar-refractivity contribution is 0.639. The zero-order valence-electron chi connectivity index (χ0n) is 11.6. The Morgan fingerprint density at radius 1 is 1.15 bits per heavy atom. The van der Waals surface area contributed by atoms with E-state index >= 15 is 0 Å². The third kappa shape index (κ3) is 2.22. The van der Waals surface area contributed by atoms with Crippen molar-refractivity contribution in [3.8, 4) is 0 Å². The number of nitrogens with zero attached hydrogens (tertiary/aromatic N) is 1. The zero-order chi connectivity index (χ0) is 14.1. The summed E-state index contributed by atoms with van der Waals surface area (Å²) in [5, 5.41) is 3.25. The predicted molar refractivity (Wildman–Crippen MR) is 84.7 cm³/mol. The van der Waals surface area contributed by atoms with E-state index in [1.165, 1.54) is 16.0 Å². The van der Waals surface area contributed by atoms with E-state index in [0.29, 0.717) is 0 Å². The average molecular weight is 283 g/mol. The molecule has 3 nitrogen and oxygen atoms in total. The smallest absolute Gasteiger partial charge is 0.0727 e. The van der Waals surface area contributed by atoms with Crippen LogP contribution in [0, 0.1) is 13.8 Å². The van der Waals surface area contributed by atoms with Crippen molar-refractivity contribution in [2.24, 2.45) is 5.84 Å². The van der Waals surface area contributed by atoms with Crippen molar-refractivity contribution in [3.05, 3.63) is 63.5 Å². The summed E-state index contributed by atoms with van der Waals surface area (Å²) < 4.78 is 0. The van der Waals surface area contributed by atoms with Crippen LogP contribution in [-0.4, -0.2) is 4.98 Å². The van der Waals surface area contributed by atoms with E-state index < -0.39 is 0 Å². The highest BCUT2D eigenvalue weighted by atomic mass is 32.1. The maximum absolute atomic E-state index is 5.84. The number of nitrogens with two attached hydrogens (primary N) is 1. The number of rotatable bonds is 3. The fraction of sp³-hybridized carbons (Fsp3) is 0.188. The molecule has 3 aromatic rings. The molecule has 102 valence electrons. The highest BCUT2D eigenvalue weighted by molar-refractivity contribution is 7.10. The van der Waals surface area contributed by atoms with Gasteiger partial charge in [-0.3, -0.25) is 10.8 Å². The van der Waals surface area contributed by atoms with Crippen LogP contribution >= 0.6 is 11.3 Å². The number of para-hydroxylation sites is 1. The molecular formula is C16H17N3S. The molecule has 0 fully saturated rings. The fourth-order valence-electron chi connectivity index (χ4n) is 2.62. The minimum absolute atomic E-state index is 0.00662. The van der Waals surface area contributed by atoms with E-state index in [2.05, 4.69) is 40.9 Å². The topological polar surface area (TPSA) is 50.9 Å². The SMILES string of the molecule is Cc1cc(C(NN)c2ccsc2C)c2ccccc2n1. The average Bonchev–Trinajstić information content (AvgIpc) is 2.86. The second-order valence-corrected chi connectivity index (χ2v) is 6.02. The Morgan fingerprint density at radius 2 is 1.95 bits per heavy atom. The molecule has 0 bridgehead atoms. The summed E-state index contributed by atoms with van der Waals surface area (Å²) in [4.78, 5) is 5.87. The first-order valence-electron chi connectivity index (χ1n) is 6.57. The van der Waals surface area contributed by atoms with Gasteiger partial charge in [0.1, 0.15) is 0 Å². The van der Waals surface area contributed by atoms with Crippen LogP contribution in [0.1, 0.15) is 27.7 Å². The van der Waals surface area contributed by atoms with E-state index in [0.717, 1.165) is 16.6 Å². The van der Waals surface area contributed by atoms with E-state index in [4.69, 9.17) is 5.84 Å². The second-order valence-electron chi connectivity index (χ2n) is 4.90. The van der Waals surface area contributed by atoms with Gasteiger partial charge in [0.25, 0.3) is 0 Å². The van der Waals surface area contributed by atoms with Gasteiger partial charge in [-0.15, -0.1) is 11.3 Å². The van der Waals surface area contributed by atoms with E-state index in [-0.39, 0.29) is 6.04 Å². The summed E-state index contributed by atoms with van der Waals surface area (Å²) in [5.41, 5.74) is 7.38. The Labute approximate surface area is 122 Å². The van der Waals surface area contributed by atoms with Crippen LogP contribution in [0.3, 0.4) is 0 Å². The Hall–Kier alpha value is -1.75. The van der Waals surface area contributed by atoms with Gasteiger partial charge < -0.3 is 0 Å². The molecule has 0 saturated heterocycles. The molecule has 0 saturated carbocycles. The van der Waals surface area contributed by atoms with Gasteiger partial charge in [-0.2, -0.15) is 0 Å². The number of pyridine rings is 1. The third-order valence-corrected chi connectivity index (χ3v) is 4.43. The van der Waals surface area contributed by atoms with E-state index in [9.17, 15) is 0 Å². The second kappa shape index (κ2) is 5.32. The first-order chi connectivity index (χ1) is 9.70. The Balaban J connectivity index is 2.24. The van der Waals surface area contributed by atoms with Crippen molar-refractivity contribution in [1.82, 2.24) is 10.4 Å². The first kappa shape index (κ1) is 13.2. The monoisotopic (exact) mass is 283 g/mol. The fourth-order valence-corrected chi connectivity index (χ4v) is 3.36. The Morgan fingerprint density at radius 3 is 2.65 bits per heavy atom. The van der Waals surface area contributed by atoms with Crippen molar-refractivity contribution in [2.75, 3.05) is 0 Å². The molecule has 4 heteroatoms. The predicted octanol–water partition coefficient (Wildman–Crippen LogP) is 3.47. The van der Waals surface area contributed by atoms with Crippen LogP contribution in [0.25, 0.3) is 10.9 Å². The molecule has 2 heterocycles. The number of hydrogen-bond acceptors (Lipinski definition) is 4. The Bertz CT molecular complexity index is 748. The van der Waals surface area contributed by atoms with Crippen LogP contribution in [0.15, 0.2) is 41.8 Å². The molecule has 1 aromatic carbocycles. The lowest BCUT2D eigenvalue weighted by Gasteiger charge is -2.19. The largest absolute Gasteiger partial charge is 0.271 e. The maximum Gasteiger partial charge on any atom is 0.0727 e. The highest BCUT2D eigenvalue weighted by Crippen LogP contribution is 2.31. The van der Waals surface area contributed by atoms with Gasteiger partial charge in [-0.1, -0.05) is 18.2 Å². The number of aryl methyl sites for hydroxylation is 2. The molecule has 0 aliphatic rings. The molecule has 2 aromatic heterocycles. The van der Waals surface area contributed by atoms with Gasteiger partial charge in [0.15, 0.2) is 0 Å². The standard InChI is InChI=1S/C16H17N3S/c1-10-9-14(13-5-3-4-6-15(13)18-10)16(19-17)12-7-8-20-11(12)2/h3-9,16,19H,17H2,1-2H3. The molecule has 1 unspecified atom stereocenters. The molecule has 0 aliphatic carbocycles. The van der Waals surface area contributed by atoms with Crippen molar-refractivity contribution < 1.29 is 0 Å². The molecule has 3 rings (SSSR count). The van der Waals surface area contributed by atoms with Gasteiger partial charge in [-0.05, 0) is 48.6 Å². The molecule has 0 aliphatic heterocycles. The number of aromatic nitrogens is 1. The zero-order valence-corrected chi connectivity index (χ0v) is 12.4. The molecule has 3 N–H and O–H groups in total. The van der Waals surface area contributed by atoms with Crippen LogP contribution < -0.4 is 11.3 Å². The number of thiophene rings is 1. The van der Waals surface area contributed by atoms with Crippen molar-refractivity contribution in [3.63, 3.8) is 0 Å². The maximum atomic E-state index is 5.84. The van der Waals surface area contributed by atoms with Gasteiger partial charge in [0.05, 0.1) is 11.6 Å². The minimum Gasteiger partial charge on any atom is -0.271 e. The molecule has 0 amide bonds. The van der Waals surface area contributed by atoms with Crippen LogP contribution in [0.4, 0.5) is 0 Å². The first-order valence-corrected chi connectivity index (χ1v) is 7.45. The van der Waals surface area contributed by atoms with Crippen molar-refractivity contribution >= 4 is 22.2 Å². The number of nitrogens with one attached hydrogen (secondary N) is 1. The summed E-state index contributed by atoms with van der Waals surface area (Å²) in [7, 11) is 0. The van der Waals surface area contributed by atoms with E-state index in [1.54, 1.807) is 11.3 Å². The number of hydrogen-bond donors (Lipinski definition) is 2. The van der Waals surface area contributed by atoms with Crippen LogP contribution in [-0.2, 0) is 0 Å². The normalized spacial score (nSPS) is 12.8. The van der Waals surface area contributed by atoms with Crippen molar-refractivity contribution in [2.45, 2.75) is 19.9 Å². The number of benzene rings is 1. The van der Waals surface area contributed by atoms with Gasteiger partial charge in [-0.25, -0.2) is 5.43 Å². The lowest BCUT2D eigenvalue weighted by Crippen LogP contribution is -2.29. The van der Waals surface area contributed by atoms with Crippen LogP contribution in [0.2, 0.25) is 0 Å². The molecule has 1 atom stereocenters. The summed E-state index contributed by atoms with van der Waals surface area (Å²) >= 11 is 1.74. The van der Waals surface area contributed by atoms with Gasteiger partial charge in [0.2, 0.25) is 0 Å². The van der Waals surface area contributed by atoms with Gasteiger partial charge >= 0.3 is 0 Å². The number of fused-ring (bicyclic) bond motifs is 1. The quantitative estimate of drug-likeness (QED) is 0.571. The van der Waals surface area contributed by atoms with Gasteiger partial charge in [0, 0.05) is 16.0 Å². The summed E-state index contributed by atoms with van der Waals surface area (Å²) in [6, 6.07) is 12.4. The molecule has 20 heavy (non-hydrogen) atoms. The van der Waals surface area contributed by atoms with Crippen LogP contribution in [0.5, 0.6) is 0 Å². The molecule has 0 radical (unpaired) electrons. The highest BCUT2D eigenvalue weighted by Gasteiger charge is 2.18. The molecule has 0 spiro atoms. The summed E-state index contributed by atoms with van der Waals surface area (Å²) in [6.45, 7) is 4.14. The number of hydrazine groups is 1. The summed E-state index contributed by atoms with van der Waals surface area (Å²) in [5.74, 6) is 5.84. The van der Waals surface area contributed by atoms with Crippen molar-refractivity contribution in [1.29, 1.82) is 0 Å². The molecular weight excluding hydrogens is 266 g/mol. The third-order valence-electron chi connectivity index (χ3n) is 3.56. The Kier molecular flexibility index (Phi) is 3.53. The lowest BCUT2D eigenvalue weighted by atomic mass is 9.96. The minimum atomic E-state index is -0.00662. The van der Waals surface area contributed by atoms with E-state index in [1.807, 2.05) is 25.1 Å². The summed E-state index contributed by atoms with van der Waals surface area (Å²) in [6.07, 6.45) is 0.